The monoisotopic (exact) mass is 275 g/mol. The van der Waals surface area contributed by atoms with Crippen LogP contribution in [0.25, 0.3) is 0 Å². The summed E-state index contributed by atoms with van der Waals surface area (Å²) in [6.07, 6.45) is 4.07. The van der Waals surface area contributed by atoms with Crippen molar-refractivity contribution < 1.29 is 4.79 Å². The first-order valence-electron chi connectivity index (χ1n) is 6.41. The standard InChI is InChI=1S/C13H17N5O2/c1-8-10(9(2)18-17-8)4-3-5-14-13(20)11-6-16-12(19)7-15-11/h6-7H,3-5H2,1-2H3,(H,14,20)(H,16,19)(H,17,18). The zero-order chi connectivity index (χ0) is 14.5. The molecule has 0 saturated carbocycles. The molecule has 20 heavy (non-hydrogen) atoms. The fourth-order valence-electron chi connectivity index (χ4n) is 1.97. The second-order valence-electron chi connectivity index (χ2n) is 4.57. The smallest absolute Gasteiger partial charge is 0.271 e. The summed E-state index contributed by atoms with van der Waals surface area (Å²) in [7, 11) is 0. The Hall–Kier alpha value is -2.44. The predicted octanol–water partition coefficient (Wildman–Crippen LogP) is 0.472. The Morgan fingerprint density at radius 1 is 1.40 bits per heavy atom. The van der Waals surface area contributed by atoms with Crippen LogP contribution in [0.4, 0.5) is 0 Å². The number of aromatic nitrogens is 4. The molecular weight excluding hydrogens is 258 g/mol. The Morgan fingerprint density at radius 2 is 2.20 bits per heavy atom. The van der Waals surface area contributed by atoms with Gasteiger partial charge in [0, 0.05) is 18.4 Å². The van der Waals surface area contributed by atoms with Crippen molar-refractivity contribution in [2.75, 3.05) is 6.54 Å². The van der Waals surface area contributed by atoms with Gasteiger partial charge in [-0.15, -0.1) is 0 Å². The van der Waals surface area contributed by atoms with Gasteiger partial charge in [-0.1, -0.05) is 0 Å². The molecule has 0 saturated heterocycles. The lowest BCUT2D eigenvalue weighted by Gasteiger charge is -2.04. The van der Waals surface area contributed by atoms with Crippen molar-refractivity contribution in [1.29, 1.82) is 0 Å². The first-order chi connectivity index (χ1) is 9.58. The normalized spacial score (nSPS) is 10.5. The highest BCUT2D eigenvalue weighted by molar-refractivity contribution is 5.91. The molecule has 3 N–H and O–H groups in total. The Labute approximate surface area is 115 Å². The van der Waals surface area contributed by atoms with Crippen molar-refractivity contribution >= 4 is 5.91 Å². The topological polar surface area (TPSA) is 104 Å². The molecule has 0 fully saturated rings. The van der Waals surface area contributed by atoms with Gasteiger partial charge in [0.2, 0.25) is 0 Å². The maximum atomic E-state index is 11.7. The Balaban J connectivity index is 1.80. The average Bonchev–Trinajstić information content (AvgIpc) is 2.75. The number of hydrogen-bond donors (Lipinski definition) is 3. The molecular formula is C13H17N5O2. The van der Waals surface area contributed by atoms with Gasteiger partial charge in [-0.25, -0.2) is 4.98 Å². The van der Waals surface area contributed by atoms with E-state index in [-0.39, 0.29) is 17.2 Å². The molecule has 0 bridgehead atoms. The van der Waals surface area contributed by atoms with Crippen molar-refractivity contribution in [3.63, 3.8) is 0 Å². The number of H-pyrrole nitrogens is 2. The summed E-state index contributed by atoms with van der Waals surface area (Å²) in [5, 5.41) is 9.83. The van der Waals surface area contributed by atoms with Crippen LogP contribution in [-0.2, 0) is 6.42 Å². The van der Waals surface area contributed by atoms with E-state index in [2.05, 4.69) is 25.5 Å². The minimum absolute atomic E-state index is 0.209. The highest BCUT2D eigenvalue weighted by Crippen LogP contribution is 2.11. The highest BCUT2D eigenvalue weighted by atomic mass is 16.2. The maximum absolute atomic E-state index is 11.7. The maximum Gasteiger partial charge on any atom is 0.271 e. The van der Waals surface area contributed by atoms with Crippen LogP contribution in [0.2, 0.25) is 0 Å². The molecule has 7 heteroatoms. The van der Waals surface area contributed by atoms with Gasteiger partial charge in [-0.3, -0.25) is 14.7 Å². The molecule has 2 heterocycles. The van der Waals surface area contributed by atoms with E-state index in [0.29, 0.717) is 6.54 Å². The van der Waals surface area contributed by atoms with Crippen LogP contribution < -0.4 is 10.9 Å². The van der Waals surface area contributed by atoms with Gasteiger partial charge in [-0.05, 0) is 32.3 Å². The molecule has 0 atom stereocenters. The number of aryl methyl sites for hydroxylation is 2. The number of carbonyl (C=O) groups excluding carboxylic acids is 1. The molecule has 2 aromatic heterocycles. The van der Waals surface area contributed by atoms with Crippen LogP contribution in [0.15, 0.2) is 17.2 Å². The van der Waals surface area contributed by atoms with E-state index in [9.17, 15) is 9.59 Å². The summed E-state index contributed by atoms with van der Waals surface area (Å²) < 4.78 is 0. The van der Waals surface area contributed by atoms with Gasteiger partial charge in [0.1, 0.15) is 5.69 Å². The molecule has 0 aliphatic rings. The number of amides is 1. The van der Waals surface area contributed by atoms with E-state index in [4.69, 9.17) is 0 Å². The van der Waals surface area contributed by atoms with E-state index in [1.807, 2.05) is 13.8 Å². The molecule has 0 aliphatic carbocycles. The number of carbonyl (C=O) groups is 1. The van der Waals surface area contributed by atoms with E-state index < -0.39 is 0 Å². The average molecular weight is 275 g/mol. The Morgan fingerprint density at radius 3 is 2.80 bits per heavy atom. The minimum atomic E-state index is -0.326. The summed E-state index contributed by atoms with van der Waals surface area (Å²) in [6, 6.07) is 0. The van der Waals surface area contributed by atoms with Crippen LogP contribution in [0.1, 0.15) is 33.9 Å². The molecule has 1 amide bonds. The second-order valence-corrected chi connectivity index (χ2v) is 4.57. The van der Waals surface area contributed by atoms with Gasteiger partial charge < -0.3 is 10.3 Å². The third kappa shape index (κ3) is 3.31. The summed E-state index contributed by atoms with van der Waals surface area (Å²) in [5.74, 6) is -0.290. The van der Waals surface area contributed by atoms with Crippen molar-refractivity contribution in [2.45, 2.75) is 26.7 Å². The number of rotatable bonds is 5. The molecule has 2 aromatic rings. The van der Waals surface area contributed by atoms with Gasteiger partial charge >= 0.3 is 0 Å². The quantitative estimate of drug-likeness (QED) is 0.690. The molecule has 0 aliphatic heterocycles. The first-order valence-corrected chi connectivity index (χ1v) is 6.41. The predicted molar refractivity (Wildman–Crippen MR) is 73.6 cm³/mol. The molecule has 7 nitrogen and oxygen atoms in total. The summed E-state index contributed by atoms with van der Waals surface area (Å²) in [5.41, 5.74) is 3.14. The lowest BCUT2D eigenvalue weighted by Crippen LogP contribution is -2.26. The Bertz CT molecular complexity index is 619. The van der Waals surface area contributed by atoms with Crippen molar-refractivity contribution in [1.82, 2.24) is 25.5 Å². The molecule has 0 aromatic carbocycles. The van der Waals surface area contributed by atoms with E-state index in [1.165, 1.54) is 11.8 Å². The number of nitrogens with zero attached hydrogens (tertiary/aromatic N) is 2. The fourth-order valence-corrected chi connectivity index (χ4v) is 1.97. The third-order valence-corrected chi connectivity index (χ3v) is 3.07. The molecule has 0 unspecified atom stereocenters. The summed E-state index contributed by atoms with van der Waals surface area (Å²) >= 11 is 0. The van der Waals surface area contributed by atoms with Crippen LogP contribution >= 0.6 is 0 Å². The van der Waals surface area contributed by atoms with Crippen molar-refractivity contribution in [2.24, 2.45) is 0 Å². The van der Waals surface area contributed by atoms with Crippen LogP contribution in [0, 0.1) is 13.8 Å². The Kier molecular flexibility index (Phi) is 4.29. The van der Waals surface area contributed by atoms with E-state index in [0.717, 1.165) is 30.4 Å². The van der Waals surface area contributed by atoms with Gasteiger partial charge in [0.25, 0.3) is 11.5 Å². The number of aromatic amines is 2. The zero-order valence-electron chi connectivity index (χ0n) is 11.5. The van der Waals surface area contributed by atoms with Crippen molar-refractivity contribution in [3.8, 4) is 0 Å². The van der Waals surface area contributed by atoms with Crippen LogP contribution in [0.3, 0.4) is 0 Å². The fraction of sp³-hybridized carbons (Fsp3) is 0.385. The highest BCUT2D eigenvalue weighted by Gasteiger charge is 2.08. The van der Waals surface area contributed by atoms with Crippen molar-refractivity contribution in [3.05, 3.63) is 45.4 Å². The summed E-state index contributed by atoms with van der Waals surface area (Å²) in [6.45, 7) is 4.49. The minimum Gasteiger partial charge on any atom is -0.351 e. The van der Waals surface area contributed by atoms with Crippen LogP contribution in [0.5, 0.6) is 0 Å². The van der Waals surface area contributed by atoms with Gasteiger partial charge in [0.05, 0.1) is 11.9 Å². The van der Waals surface area contributed by atoms with Gasteiger partial charge in [-0.2, -0.15) is 5.10 Å². The molecule has 106 valence electrons. The molecule has 0 spiro atoms. The first kappa shape index (κ1) is 14.0. The number of nitrogens with one attached hydrogen (secondary N) is 3. The third-order valence-electron chi connectivity index (χ3n) is 3.07. The van der Waals surface area contributed by atoms with Gasteiger partial charge in [0.15, 0.2) is 0 Å². The zero-order valence-corrected chi connectivity index (χ0v) is 11.5. The summed E-state index contributed by atoms with van der Waals surface area (Å²) in [4.78, 5) is 28.8. The lowest BCUT2D eigenvalue weighted by atomic mass is 10.1. The molecule has 2 rings (SSSR count). The SMILES string of the molecule is Cc1n[nH]c(C)c1CCCNC(=O)c1c[nH]c(=O)cn1. The second kappa shape index (κ2) is 6.14. The van der Waals surface area contributed by atoms with E-state index >= 15 is 0 Å². The number of hydrogen-bond acceptors (Lipinski definition) is 4. The lowest BCUT2D eigenvalue weighted by molar-refractivity contribution is 0.0948. The van der Waals surface area contributed by atoms with Crippen LogP contribution in [-0.4, -0.2) is 32.6 Å². The largest absolute Gasteiger partial charge is 0.351 e. The van der Waals surface area contributed by atoms with E-state index in [1.54, 1.807) is 0 Å². The molecule has 0 radical (unpaired) electrons.